The van der Waals surface area contributed by atoms with Crippen LogP contribution < -0.4 is 5.32 Å². The van der Waals surface area contributed by atoms with Crippen molar-refractivity contribution in [2.24, 2.45) is 0 Å². The standard InChI is InChI=1S/C13H16ClNO3S/c1-9-6-10(8-11(7-9)19(14,17)18)12(16)15-13(2)4-3-5-13/h6-8H,3-5H2,1-2H3,(H,15,16). The quantitative estimate of drug-likeness (QED) is 0.873. The summed E-state index contributed by atoms with van der Waals surface area (Å²) >= 11 is 0. The van der Waals surface area contributed by atoms with Gasteiger partial charge in [0.25, 0.3) is 15.0 Å². The highest BCUT2D eigenvalue weighted by atomic mass is 35.7. The summed E-state index contributed by atoms with van der Waals surface area (Å²) in [5.74, 6) is -0.257. The van der Waals surface area contributed by atoms with Crippen molar-refractivity contribution in [2.45, 2.75) is 43.5 Å². The number of hydrogen-bond donors (Lipinski definition) is 1. The number of benzene rings is 1. The Morgan fingerprint density at radius 1 is 1.32 bits per heavy atom. The predicted octanol–water partition coefficient (Wildman–Crippen LogP) is 2.59. The molecule has 1 aromatic rings. The summed E-state index contributed by atoms with van der Waals surface area (Å²) in [6.45, 7) is 3.72. The van der Waals surface area contributed by atoms with Crippen molar-refractivity contribution < 1.29 is 13.2 Å². The number of rotatable bonds is 3. The Labute approximate surface area is 117 Å². The summed E-state index contributed by atoms with van der Waals surface area (Å²) in [6.07, 6.45) is 3.00. The van der Waals surface area contributed by atoms with Crippen LogP contribution in [0, 0.1) is 6.92 Å². The van der Waals surface area contributed by atoms with Crippen molar-refractivity contribution in [3.63, 3.8) is 0 Å². The Bertz CT molecular complexity index is 621. The van der Waals surface area contributed by atoms with E-state index < -0.39 is 9.05 Å². The molecule has 0 aromatic heterocycles. The highest BCUT2D eigenvalue weighted by Crippen LogP contribution is 2.31. The molecule has 0 heterocycles. The van der Waals surface area contributed by atoms with E-state index in [1.54, 1.807) is 13.0 Å². The van der Waals surface area contributed by atoms with Gasteiger partial charge in [0.15, 0.2) is 0 Å². The molecule has 0 aliphatic heterocycles. The van der Waals surface area contributed by atoms with E-state index in [2.05, 4.69) is 5.32 Å². The van der Waals surface area contributed by atoms with Crippen LogP contribution in [0.4, 0.5) is 0 Å². The number of nitrogens with one attached hydrogen (secondary N) is 1. The summed E-state index contributed by atoms with van der Waals surface area (Å²) in [4.78, 5) is 12.1. The first-order valence-electron chi connectivity index (χ1n) is 6.09. The van der Waals surface area contributed by atoms with Gasteiger partial charge in [-0.1, -0.05) is 0 Å². The lowest BCUT2D eigenvalue weighted by molar-refractivity contribution is 0.0850. The first-order chi connectivity index (χ1) is 8.70. The van der Waals surface area contributed by atoms with Gasteiger partial charge in [0.05, 0.1) is 4.90 Å². The van der Waals surface area contributed by atoms with Gasteiger partial charge in [0.1, 0.15) is 0 Å². The van der Waals surface area contributed by atoms with Gasteiger partial charge in [-0.25, -0.2) is 8.42 Å². The van der Waals surface area contributed by atoms with Crippen LogP contribution in [-0.2, 0) is 9.05 Å². The fourth-order valence-electron chi connectivity index (χ4n) is 2.20. The first-order valence-corrected chi connectivity index (χ1v) is 8.39. The second-order valence-electron chi connectivity index (χ2n) is 5.34. The molecule has 0 radical (unpaired) electrons. The van der Waals surface area contributed by atoms with Crippen molar-refractivity contribution in [1.29, 1.82) is 0 Å². The second-order valence-corrected chi connectivity index (χ2v) is 7.91. The maximum atomic E-state index is 12.1. The molecule has 6 heteroatoms. The zero-order valence-electron chi connectivity index (χ0n) is 10.9. The van der Waals surface area contributed by atoms with Crippen LogP contribution >= 0.6 is 10.7 Å². The van der Waals surface area contributed by atoms with Crippen LogP contribution in [0.3, 0.4) is 0 Å². The third-order valence-corrected chi connectivity index (χ3v) is 4.80. The van der Waals surface area contributed by atoms with Gasteiger partial charge in [-0.2, -0.15) is 0 Å². The molecule has 0 atom stereocenters. The van der Waals surface area contributed by atoms with E-state index in [-0.39, 0.29) is 16.3 Å². The van der Waals surface area contributed by atoms with E-state index in [1.807, 2.05) is 6.92 Å². The number of carbonyl (C=O) groups is 1. The van der Waals surface area contributed by atoms with Crippen LogP contribution in [0.2, 0.25) is 0 Å². The lowest BCUT2D eigenvalue weighted by atomic mass is 9.78. The van der Waals surface area contributed by atoms with Crippen LogP contribution in [0.5, 0.6) is 0 Å². The van der Waals surface area contributed by atoms with E-state index in [4.69, 9.17) is 10.7 Å². The smallest absolute Gasteiger partial charge is 0.261 e. The van der Waals surface area contributed by atoms with Gasteiger partial charge in [-0.3, -0.25) is 4.79 Å². The number of halogens is 1. The summed E-state index contributed by atoms with van der Waals surface area (Å²) in [5, 5.41) is 2.94. The van der Waals surface area contributed by atoms with E-state index in [9.17, 15) is 13.2 Å². The van der Waals surface area contributed by atoms with Gasteiger partial charge in [-0.05, 0) is 56.9 Å². The molecule has 2 rings (SSSR count). The molecule has 0 unspecified atom stereocenters. The van der Waals surface area contributed by atoms with Gasteiger partial charge < -0.3 is 5.32 Å². The maximum absolute atomic E-state index is 12.1. The topological polar surface area (TPSA) is 63.2 Å². The van der Waals surface area contributed by atoms with Crippen LogP contribution in [0.25, 0.3) is 0 Å². The van der Waals surface area contributed by atoms with Gasteiger partial charge >= 0.3 is 0 Å². The molecule has 1 amide bonds. The maximum Gasteiger partial charge on any atom is 0.261 e. The molecule has 1 fully saturated rings. The van der Waals surface area contributed by atoms with Gasteiger partial charge in [0.2, 0.25) is 0 Å². The van der Waals surface area contributed by atoms with E-state index in [1.165, 1.54) is 12.1 Å². The number of amides is 1. The van der Waals surface area contributed by atoms with Crippen molar-refractivity contribution in [3.8, 4) is 0 Å². The monoisotopic (exact) mass is 301 g/mol. The number of hydrogen-bond acceptors (Lipinski definition) is 3. The Kier molecular flexibility index (Phi) is 3.62. The average Bonchev–Trinajstić information content (AvgIpc) is 2.24. The highest BCUT2D eigenvalue weighted by Gasteiger charge is 2.33. The SMILES string of the molecule is Cc1cc(C(=O)NC2(C)CCC2)cc(S(=O)(=O)Cl)c1. The molecule has 0 spiro atoms. The van der Waals surface area contributed by atoms with Crippen molar-refractivity contribution >= 4 is 25.6 Å². The zero-order valence-corrected chi connectivity index (χ0v) is 12.4. The normalized spacial score (nSPS) is 17.6. The Morgan fingerprint density at radius 2 is 1.95 bits per heavy atom. The molecule has 1 aromatic carbocycles. The Morgan fingerprint density at radius 3 is 2.42 bits per heavy atom. The van der Waals surface area contributed by atoms with Gasteiger partial charge in [-0.15, -0.1) is 0 Å². The molecule has 19 heavy (non-hydrogen) atoms. The molecule has 1 N–H and O–H groups in total. The third-order valence-electron chi connectivity index (χ3n) is 3.47. The van der Waals surface area contributed by atoms with Gasteiger partial charge in [0, 0.05) is 21.8 Å². The lowest BCUT2D eigenvalue weighted by Gasteiger charge is -2.39. The first kappa shape index (κ1) is 14.3. The zero-order chi connectivity index (χ0) is 14.3. The summed E-state index contributed by atoms with van der Waals surface area (Å²) < 4.78 is 22.7. The molecular weight excluding hydrogens is 286 g/mol. The molecule has 0 bridgehead atoms. The van der Waals surface area contributed by atoms with Crippen LogP contribution in [-0.4, -0.2) is 19.9 Å². The number of carbonyl (C=O) groups excluding carboxylic acids is 1. The fraction of sp³-hybridized carbons (Fsp3) is 0.462. The molecule has 0 saturated heterocycles. The third kappa shape index (κ3) is 3.28. The summed E-state index contributed by atoms with van der Waals surface area (Å²) in [6, 6.07) is 4.42. The molecule has 4 nitrogen and oxygen atoms in total. The largest absolute Gasteiger partial charge is 0.347 e. The molecule has 1 saturated carbocycles. The van der Waals surface area contributed by atoms with Crippen molar-refractivity contribution in [2.75, 3.05) is 0 Å². The molecular formula is C13H16ClNO3S. The highest BCUT2D eigenvalue weighted by molar-refractivity contribution is 8.13. The lowest BCUT2D eigenvalue weighted by Crippen LogP contribution is -2.50. The molecule has 1 aliphatic rings. The number of aryl methyl sites for hydroxylation is 1. The molecule has 1 aliphatic carbocycles. The fourth-order valence-corrected chi connectivity index (χ4v) is 3.06. The minimum absolute atomic E-state index is 0.0434. The molecule has 104 valence electrons. The minimum Gasteiger partial charge on any atom is -0.347 e. The van der Waals surface area contributed by atoms with Crippen molar-refractivity contribution in [3.05, 3.63) is 29.3 Å². The Hall–Kier alpha value is -1.07. The van der Waals surface area contributed by atoms with E-state index in [0.29, 0.717) is 11.1 Å². The minimum atomic E-state index is -3.82. The Balaban J connectivity index is 2.29. The van der Waals surface area contributed by atoms with Crippen molar-refractivity contribution in [1.82, 2.24) is 5.32 Å². The average molecular weight is 302 g/mol. The van der Waals surface area contributed by atoms with E-state index >= 15 is 0 Å². The van der Waals surface area contributed by atoms with Crippen LogP contribution in [0.1, 0.15) is 42.1 Å². The van der Waals surface area contributed by atoms with E-state index in [0.717, 1.165) is 19.3 Å². The summed E-state index contributed by atoms with van der Waals surface area (Å²) in [7, 11) is 1.49. The second kappa shape index (κ2) is 4.80. The van der Waals surface area contributed by atoms with Crippen LogP contribution in [0.15, 0.2) is 23.1 Å². The predicted molar refractivity (Wildman–Crippen MR) is 73.9 cm³/mol. The summed E-state index contributed by atoms with van der Waals surface area (Å²) in [5.41, 5.74) is 0.846.